The molecule has 120 valence electrons. The number of hydrogen-bond donors (Lipinski definition) is 2. The summed E-state index contributed by atoms with van der Waals surface area (Å²) in [6, 6.07) is 4.05. The minimum atomic E-state index is -0.0885. The second-order valence-electron chi connectivity index (χ2n) is 6.14. The highest BCUT2D eigenvalue weighted by atomic mass is 15.2. The average Bonchev–Trinajstić information content (AvgIpc) is 2.59. The maximum Gasteiger partial charge on any atom is 0.154 e. The van der Waals surface area contributed by atoms with Crippen molar-refractivity contribution in [2.45, 2.75) is 37.6 Å². The zero-order valence-corrected chi connectivity index (χ0v) is 13.5. The molecular weight excluding hydrogens is 284 g/mol. The summed E-state index contributed by atoms with van der Waals surface area (Å²) in [6.07, 6.45) is 13.3. The second kappa shape index (κ2) is 6.82. The van der Waals surface area contributed by atoms with Crippen LogP contribution in [0.25, 0.3) is 0 Å². The molecule has 1 aromatic heterocycles. The summed E-state index contributed by atoms with van der Waals surface area (Å²) in [5.41, 5.74) is 2.04. The van der Waals surface area contributed by atoms with Gasteiger partial charge in [0.25, 0.3) is 0 Å². The molecule has 0 unspecified atom stereocenters. The van der Waals surface area contributed by atoms with Gasteiger partial charge in [0.15, 0.2) is 5.82 Å². The van der Waals surface area contributed by atoms with Crippen LogP contribution in [-0.4, -0.2) is 22.9 Å². The zero-order valence-electron chi connectivity index (χ0n) is 13.5. The molecule has 2 heterocycles. The SMILES string of the molecule is C=C/C=C(\C=C)CN=C1Nc2ncccc2NC12CCCCC2. The number of aliphatic imine (C=N–C) groups is 1. The lowest BCUT2D eigenvalue weighted by atomic mass is 9.79. The molecule has 0 radical (unpaired) electrons. The van der Waals surface area contributed by atoms with Crippen molar-refractivity contribution in [3.63, 3.8) is 0 Å². The third-order valence-electron chi connectivity index (χ3n) is 4.59. The first kappa shape index (κ1) is 15.5. The van der Waals surface area contributed by atoms with E-state index in [1.165, 1.54) is 19.3 Å². The number of amidine groups is 1. The highest BCUT2D eigenvalue weighted by molar-refractivity contribution is 6.08. The second-order valence-corrected chi connectivity index (χ2v) is 6.14. The van der Waals surface area contributed by atoms with Gasteiger partial charge in [-0.1, -0.05) is 50.6 Å². The predicted molar refractivity (Wildman–Crippen MR) is 98.1 cm³/mol. The largest absolute Gasteiger partial charge is 0.370 e. The van der Waals surface area contributed by atoms with Crippen LogP contribution >= 0.6 is 0 Å². The smallest absolute Gasteiger partial charge is 0.154 e. The summed E-state index contributed by atoms with van der Waals surface area (Å²) in [5, 5.41) is 7.18. The quantitative estimate of drug-likeness (QED) is 0.814. The summed E-state index contributed by atoms with van der Waals surface area (Å²) in [5.74, 6) is 1.86. The molecule has 4 nitrogen and oxygen atoms in total. The maximum absolute atomic E-state index is 4.86. The van der Waals surface area contributed by atoms with Gasteiger partial charge in [0.2, 0.25) is 0 Å². The van der Waals surface area contributed by atoms with E-state index in [-0.39, 0.29) is 5.54 Å². The molecule has 1 fully saturated rings. The third kappa shape index (κ3) is 3.21. The molecule has 2 aliphatic rings. The van der Waals surface area contributed by atoms with Crippen LogP contribution in [0, 0.1) is 0 Å². The van der Waals surface area contributed by atoms with Crippen LogP contribution in [0.15, 0.2) is 60.3 Å². The summed E-state index contributed by atoms with van der Waals surface area (Å²) < 4.78 is 0. The summed E-state index contributed by atoms with van der Waals surface area (Å²) in [4.78, 5) is 9.29. The summed E-state index contributed by atoms with van der Waals surface area (Å²) >= 11 is 0. The van der Waals surface area contributed by atoms with Crippen molar-refractivity contribution in [2.24, 2.45) is 4.99 Å². The van der Waals surface area contributed by atoms with E-state index in [0.717, 1.165) is 35.8 Å². The molecule has 0 aromatic carbocycles. The monoisotopic (exact) mass is 308 g/mol. The Labute approximate surface area is 138 Å². The topological polar surface area (TPSA) is 49.3 Å². The van der Waals surface area contributed by atoms with Gasteiger partial charge in [-0.15, -0.1) is 0 Å². The Morgan fingerprint density at radius 1 is 1.30 bits per heavy atom. The van der Waals surface area contributed by atoms with Crippen molar-refractivity contribution in [2.75, 3.05) is 17.2 Å². The molecular formula is C19H24N4. The molecule has 1 spiro atoms. The fraction of sp³-hybridized carbons (Fsp3) is 0.368. The number of fused-ring (bicyclic) bond motifs is 1. The number of nitrogens with zero attached hydrogens (tertiary/aromatic N) is 2. The number of rotatable bonds is 4. The Hall–Kier alpha value is -2.36. The van der Waals surface area contributed by atoms with Crippen molar-refractivity contribution in [1.29, 1.82) is 0 Å². The van der Waals surface area contributed by atoms with E-state index >= 15 is 0 Å². The van der Waals surface area contributed by atoms with Crippen molar-refractivity contribution >= 4 is 17.3 Å². The molecule has 4 heteroatoms. The Kier molecular flexibility index (Phi) is 4.60. The highest BCUT2D eigenvalue weighted by Crippen LogP contribution is 2.38. The van der Waals surface area contributed by atoms with Gasteiger partial charge in [-0.3, -0.25) is 4.99 Å². The molecule has 1 aromatic rings. The van der Waals surface area contributed by atoms with Gasteiger partial charge in [0.1, 0.15) is 5.84 Å². The lowest BCUT2D eigenvalue weighted by Crippen LogP contribution is -2.54. The van der Waals surface area contributed by atoms with Crippen LogP contribution in [0.5, 0.6) is 0 Å². The minimum Gasteiger partial charge on any atom is -0.370 e. The Bertz CT molecular complexity index is 651. The summed E-state index contributed by atoms with van der Waals surface area (Å²) in [6.45, 7) is 8.20. The van der Waals surface area contributed by atoms with E-state index in [1.807, 2.05) is 18.2 Å². The number of allylic oxidation sites excluding steroid dienone is 2. The first-order valence-corrected chi connectivity index (χ1v) is 8.26. The number of hydrogen-bond acceptors (Lipinski definition) is 3. The number of aromatic nitrogens is 1. The Morgan fingerprint density at radius 3 is 2.87 bits per heavy atom. The fourth-order valence-corrected chi connectivity index (χ4v) is 3.37. The lowest BCUT2D eigenvalue weighted by molar-refractivity contribution is 0.403. The standard InChI is InChI=1S/C19H24N4/c1-3-9-15(4-2)14-21-18-19(11-6-5-7-12-19)23-16-10-8-13-20-17(16)22-18/h3-4,8-10,13,23H,1-2,5-7,11-12,14H2,(H,20,21,22)/b15-9+. The third-order valence-corrected chi connectivity index (χ3v) is 4.59. The molecule has 0 saturated heterocycles. The number of nitrogens with one attached hydrogen (secondary N) is 2. The molecule has 1 aliphatic carbocycles. The van der Waals surface area contributed by atoms with Crippen LogP contribution < -0.4 is 10.6 Å². The predicted octanol–water partition coefficient (Wildman–Crippen LogP) is 4.32. The molecule has 0 amide bonds. The molecule has 0 atom stereocenters. The van der Waals surface area contributed by atoms with Gasteiger partial charge >= 0.3 is 0 Å². The van der Waals surface area contributed by atoms with Gasteiger partial charge in [-0.25, -0.2) is 4.98 Å². The highest BCUT2D eigenvalue weighted by Gasteiger charge is 2.41. The molecule has 1 saturated carbocycles. The first-order valence-electron chi connectivity index (χ1n) is 8.26. The van der Waals surface area contributed by atoms with Crippen LogP contribution in [-0.2, 0) is 0 Å². The minimum absolute atomic E-state index is 0.0885. The van der Waals surface area contributed by atoms with E-state index in [4.69, 9.17) is 4.99 Å². The van der Waals surface area contributed by atoms with Crippen LogP contribution in [0.4, 0.5) is 11.5 Å². The van der Waals surface area contributed by atoms with E-state index in [1.54, 1.807) is 12.3 Å². The number of anilines is 2. The Morgan fingerprint density at radius 2 is 2.13 bits per heavy atom. The zero-order chi connectivity index (χ0) is 16.1. The normalized spacial score (nSPS) is 21.2. The molecule has 0 bridgehead atoms. The molecule has 2 N–H and O–H groups in total. The van der Waals surface area contributed by atoms with Gasteiger partial charge < -0.3 is 10.6 Å². The van der Waals surface area contributed by atoms with Crippen molar-refractivity contribution in [3.8, 4) is 0 Å². The van der Waals surface area contributed by atoms with Crippen molar-refractivity contribution in [1.82, 2.24) is 4.98 Å². The molecule has 1 aliphatic heterocycles. The van der Waals surface area contributed by atoms with Crippen LogP contribution in [0.2, 0.25) is 0 Å². The Balaban J connectivity index is 1.93. The first-order chi connectivity index (χ1) is 11.3. The van der Waals surface area contributed by atoms with Gasteiger partial charge in [0.05, 0.1) is 17.8 Å². The van der Waals surface area contributed by atoms with E-state index < -0.39 is 0 Å². The maximum atomic E-state index is 4.86. The average molecular weight is 308 g/mol. The fourth-order valence-electron chi connectivity index (χ4n) is 3.37. The van der Waals surface area contributed by atoms with E-state index in [9.17, 15) is 0 Å². The lowest BCUT2D eigenvalue weighted by Gasteiger charge is -2.43. The van der Waals surface area contributed by atoms with Crippen LogP contribution in [0.1, 0.15) is 32.1 Å². The van der Waals surface area contributed by atoms with Gasteiger partial charge in [0, 0.05) is 6.20 Å². The molecule has 3 rings (SSSR count). The van der Waals surface area contributed by atoms with E-state index in [2.05, 4.69) is 34.8 Å². The van der Waals surface area contributed by atoms with Crippen molar-refractivity contribution < 1.29 is 0 Å². The van der Waals surface area contributed by atoms with Crippen LogP contribution in [0.3, 0.4) is 0 Å². The van der Waals surface area contributed by atoms with Gasteiger partial charge in [-0.2, -0.15) is 0 Å². The van der Waals surface area contributed by atoms with E-state index in [0.29, 0.717) is 6.54 Å². The van der Waals surface area contributed by atoms with Crippen molar-refractivity contribution in [3.05, 3.63) is 55.3 Å². The number of pyridine rings is 1. The van der Waals surface area contributed by atoms with Gasteiger partial charge in [-0.05, 0) is 30.5 Å². The molecule has 23 heavy (non-hydrogen) atoms. The summed E-state index contributed by atoms with van der Waals surface area (Å²) in [7, 11) is 0.